The van der Waals surface area contributed by atoms with E-state index in [-0.39, 0.29) is 6.04 Å². The normalized spacial score (nSPS) is 20.1. The van der Waals surface area contributed by atoms with Crippen LogP contribution in [0.5, 0.6) is 5.88 Å². The molecule has 1 atom stereocenters. The van der Waals surface area contributed by atoms with Crippen LogP contribution in [0.2, 0.25) is 0 Å². The summed E-state index contributed by atoms with van der Waals surface area (Å²) in [5.74, 6) is 0.675. The van der Waals surface area contributed by atoms with Gasteiger partial charge in [0.05, 0.1) is 12.8 Å². The quantitative estimate of drug-likeness (QED) is 0.706. The third-order valence-electron chi connectivity index (χ3n) is 2.62. The average molecular weight is 178 g/mol. The molecule has 2 rings (SSSR count). The largest absolute Gasteiger partial charge is 0.481 e. The molecule has 0 radical (unpaired) electrons. The van der Waals surface area contributed by atoms with Crippen LogP contribution in [0.15, 0.2) is 6.07 Å². The fraction of sp³-hybridized carbons (Fsp3) is 0.500. The van der Waals surface area contributed by atoms with Crippen LogP contribution in [-0.2, 0) is 6.42 Å². The summed E-state index contributed by atoms with van der Waals surface area (Å²) in [6, 6.07) is 2.07. The monoisotopic (exact) mass is 178 g/mol. The summed E-state index contributed by atoms with van der Waals surface area (Å²) in [6.07, 6.45) is 2.07. The lowest BCUT2D eigenvalue weighted by molar-refractivity contribution is 0.395. The van der Waals surface area contributed by atoms with Crippen molar-refractivity contribution in [1.29, 1.82) is 0 Å². The maximum absolute atomic E-state index is 5.92. The van der Waals surface area contributed by atoms with Crippen molar-refractivity contribution < 1.29 is 4.74 Å². The van der Waals surface area contributed by atoms with Gasteiger partial charge in [-0.1, -0.05) is 0 Å². The number of nitrogens with two attached hydrogens (primary N) is 1. The Labute approximate surface area is 77.9 Å². The van der Waals surface area contributed by atoms with Crippen LogP contribution >= 0.6 is 0 Å². The third kappa shape index (κ3) is 1.29. The Hall–Kier alpha value is -1.09. The lowest BCUT2D eigenvalue weighted by Gasteiger charge is -2.08. The molecule has 3 heteroatoms. The molecule has 1 aromatic heterocycles. The van der Waals surface area contributed by atoms with Crippen molar-refractivity contribution in [3.63, 3.8) is 0 Å². The summed E-state index contributed by atoms with van der Waals surface area (Å²) in [5, 5.41) is 0. The SMILES string of the molecule is COc1cc(C)c2c(n1)C(N)CC2. The zero-order valence-electron chi connectivity index (χ0n) is 8.00. The van der Waals surface area contributed by atoms with Crippen molar-refractivity contribution in [3.8, 4) is 5.88 Å². The van der Waals surface area contributed by atoms with Gasteiger partial charge >= 0.3 is 0 Å². The highest BCUT2D eigenvalue weighted by Gasteiger charge is 2.22. The molecule has 0 aromatic carbocycles. The molecule has 2 N–H and O–H groups in total. The van der Waals surface area contributed by atoms with E-state index in [9.17, 15) is 0 Å². The van der Waals surface area contributed by atoms with E-state index >= 15 is 0 Å². The number of rotatable bonds is 1. The first-order valence-corrected chi connectivity index (χ1v) is 4.52. The molecular weight excluding hydrogens is 164 g/mol. The fourth-order valence-corrected chi connectivity index (χ4v) is 1.87. The van der Waals surface area contributed by atoms with Gasteiger partial charge in [0.2, 0.25) is 5.88 Å². The van der Waals surface area contributed by atoms with Crippen molar-refractivity contribution in [2.24, 2.45) is 5.73 Å². The second-order valence-corrected chi connectivity index (χ2v) is 3.49. The first-order chi connectivity index (χ1) is 6.22. The number of hydrogen-bond acceptors (Lipinski definition) is 3. The van der Waals surface area contributed by atoms with Crippen LogP contribution in [-0.4, -0.2) is 12.1 Å². The molecular formula is C10H14N2O. The zero-order valence-corrected chi connectivity index (χ0v) is 8.00. The highest BCUT2D eigenvalue weighted by molar-refractivity contribution is 5.38. The van der Waals surface area contributed by atoms with E-state index in [1.807, 2.05) is 6.07 Å². The number of pyridine rings is 1. The summed E-state index contributed by atoms with van der Waals surface area (Å²) in [4.78, 5) is 4.37. The summed E-state index contributed by atoms with van der Waals surface area (Å²) < 4.78 is 5.10. The smallest absolute Gasteiger partial charge is 0.213 e. The molecule has 0 saturated carbocycles. The summed E-state index contributed by atoms with van der Waals surface area (Å²) in [6.45, 7) is 2.08. The number of aromatic nitrogens is 1. The number of ether oxygens (including phenoxy) is 1. The van der Waals surface area contributed by atoms with Crippen LogP contribution < -0.4 is 10.5 Å². The van der Waals surface area contributed by atoms with Gasteiger partial charge in [-0.3, -0.25) is 0 Å². The lowest BCUT2D eigenvalue weighted by Crippen LogP contribution is -2.08. The fourth-order valence-electron chi connectivity index (χ4n) is 1.87. The number of aryl methyl sites for hydroxylation is 1. The third-order valence-corrected chi connectivity index (χ3v) is 2.62. The molecule has 1 unspecified atom stereocenters. The highest BCUT2D eigenvalue weighted by atomic mass is 16.5. The molecule has 0 aliphatic heterocycles. The van der Waals surface area contributed by atoms with E-state index in [4.69, 9.17) is 10.5 Å². The standard InChI is InChI=1S/C10H14N2O/c1-6-5-9(13-2)12-10-7(6)3-4-8(10)11/h5,8H,3-4,11H2,1-2H3. The molecule has 3 nitrogen and oxygen atoms in total. The van der Waals surface area contributed by atoms with Crippen molar-refractivity contribution >= 4 is 0 Å². The van der Waals surface area contributed by atoms with Gasteiger partial charge in [-0.05, 0) is 30.9 Å². The maximum Gasteiger partial charge on any atom is 0.213 e. The minimum absolute atomic E-state index is 0.101. The van der Waals surface area contributed by atoms with Crippen molar-refractivity contribution in [2.45, 2.75) is 25.8 Å². The summed E-state index contributed by atoms with van der Waals surface area (Å²) in [7, 11) is 1.63. The van der Waals surface area contributed by atoms with E-state index in [0.717, 1.165) is 18.5 Å². The predicted octanol–water partition coefficient (Wildman–Crippen LogP) is 1.34. The van der Waals surface area contributed by atoms with E-state index in [2.05, 4.69) is 11.9 Å². The number of nitrogens with zero attached hydrogens (tertiary/aromatic N) is 1. The molecule has 0 spiro atoms. The van der Waals surface area contributed by atoms with E-state index in [1.165, 1.54) is 11.1 Å². The molecule has 1 aliphatic rings. The van der Waals surface area contributed by atoms with Gasteiger partial charge in [-0.25, -0.2) is 4.98 Å². The molecule has 0 saturated heterocycles. The maximum atomic E-state index is 5.92. The molecule has 1 heterocycles. The molecule has 13 heavy (non-hydrogen) atoms. The van der Waals surface area contributed by atoms with Gasteiger partial charge in [0.15, 0.2) is 0 Å². The molecule has 70 valence electrons. The van der Waals surface area contributed by atoms with Gasteiger partial charge in [-0.15, -0.1) is 0 Å². The van der Waals surface area contributed by atoms with Crippen molar-refractivity contribution in [1.82, 2.24) is 4.98 Å². The first-order valence-electron chi connectivity index (χ1n) is 4.52. The number of hydrogen-bond donors (Lipinski definition) is 1. The van der Waals surface area contributed by atoms with Gasteiger partial charge < -0.3 is 10.5 Å². The summed E-state index contributed by atoms with van der Waals surface area (Å²) in [5.41, 5.74) is 9.50. The van der Waals surface area contributed by atoms with Crippen LogP contribution in [0.25, 0.3) is 0 Å². The van der Waals surface area contributed by atoms with Gasteiger partial charge in [0.1, 0.15) is 0 Å². The van der Waals surface area contributed by atoms with Gasteiger partial charge in [0, 0.05) is 12.1 Å². The Morgan fingerprint density at radius 1 is 1.62 bits per heavy atom. The molecule has 0 amide bonds. The Kier molecular flexibility index (Phi) is 1.96. The minimum atomic E-state index is 0.101. The zero-order chi connectivity index (χ0) is 9.42. The van der Waals surface area contributed by atoms with Gasteiger partial charge in [-0.2, -0.15) is 0 Å². The Morgan fingerprint density at radius 2 is 2.38 bits per heavy atom. The second-order valence-electron chi connectivity index (χ2n) is 3.49. The van der Waals surface area contributed by atoms with Crippen LogP contribution in [0, 0.1) is 6.92 Å². The van der Waals surface area contributed by atoms with Gasteiger partial charge in [0.25, 0.3) is 0 Å². The average Bonchev–Trinajstić information content (AvgIpc) is 2.48. The van der Waals surface area contributed by atoms with Crippen molar-refractivity contribution in [2.75, 3.05) is 7.11 Å². The topological polar surface area (TPSA) is 48.1 Å². The highest BCUT2D eigenvalue weighted by Crippen LogP contribution is 2.31. The van der Waals surface area contributed by atoms with Crippen LogP contribution in [0.4, 0.5) is 0 Å². The summed E-state index contributed by atoms with van der Waals surface area (Å²) >= 11 is 0. The van der Waals surface area contributed by atoms with Crippen LogP contribution in [0.1, 0.15) is 29.3 Å². The van der Waals surface area contributed by atoms with E-state index in [1.54, 1.807) is 7.11 Å². The van der Waals surface area contributed by atoms with Crippen LogP contribution in [0.3, 0.4) is 0 Å². The first kappa shape index (κ1) is 8.51. The molecule has 1 aliphatic carbocycles. The molecule has 0 fully saturated rings. The molecule has 0 bridgehead atoms. The number of fused-ring (bicyclic) bond motifs is 1. The van der Waals surface area contributed by atoms with E-state index in [0.29, 0.717) is 5.88 Å². The second kappa shape index (κ2) is 3.00. The Morgan fingerprint density at radius 3 is 3.08 bits per heavy atom. The Balaban J connectivity index is 2.53. The van der Waals surface area contributed by atoms with Crippen molar-refractivity contribution in [3.05, 3.63) is 22.9 Å². The minimum Gasteiger partial charge on any atom is -0.481 e. The predicted molar refractivity (Wildman–Crippen MR) is 50.8 cm³/mol. The Bertz CT molecular complexity index is 336. The molecule has 1 aromatic rings. The van der Waals surface area contributed by atoms with E-state index < -0.39 is 0 Å². The number of methoxy groups -OCH3 is 1. The lowest BCUT2D eigenvalue weighted by atomic mass is 10.1.